The molecule has 0 saturated heterocycles. The van der Waals surface area contributed by atoms with Crippen LogP contribution in [0.1, 0.15) is 17.2 Å². The molecule has 1 unspecified atom stereocenters. The quantitative estimate of drug-likeness (QED) is 0.695. The van der Waals surface area contributed by atoms with E-state index in [1.54, 1.807) is 10.9 Å². The van der Waals surface area contributed by atoms with Crippen molar-refractivity contribution >= 4 is 31.9 Å². The van der Waals surface area contributed by atoms with Gasteiger partial charge in [-0.2, -0.15) is 5.10 Å². The van der Waals surface area contributed by atoms with Crippen LogP contribution in [0.4, 0.5) is 0 Å². The highest BCUT2D eigenvalue weighted by atomic mass is 79.9. The molecule has 106 valence electrons. The lowest BCUT2D eigenvalue weighted by Gasteiger charge is -2.10. The molecule has 1 heterocycles. The SMILES string of the molecule is OC(c1cc(Br)cc(Br)c1)c1cnn(-c2ccccc2)c1. The molecule has 3 aromatic rings. The van der Waals surface area contributed by atoms with E-state index in [2.05, 4.69) is 37.0 Å². The third-order valence-corrected chi connectivity index (χ3v) is 4.06. The molecule has 21 heavy (non-hydrogen) atoms. The molecule has 0 aliphatic carbocycles. The van der Waals surface area contributed by atoms with E-state index in [4.69, 9.17) is 0 Å². The first-order valence-corrected chi connectivity index (χ1v) is 7.96. The van der Waals surface area contributed by atoms with Crippen molar-refractivity contribution in [2.45, 2.75) is 6.10 Å². The highest BCUT2D eigenvalue weighted by Crippen LogP contribution is 2.28. The summed E-state index contributed by atoms with van der Waals surface area (Å²) in [5.41, 5.74) is 2.53. The standard InChI is InChI=1S/C16H12Br2N2O/c17-13-6-11(7-14(18)8-13)16(21)12-9-19-20(10-12)15-4-2-1-3-5-15/h1-10,16,21H. The van der Waals surface area contributed by atoms with Crippen LogP contribution in [0.5, 0.6) is 0 Å². The summed E-state index contributed by atoms with van der Waals surface area (Å²) in [6, 6.07) is 15.5. The Morgan fingerprint density at radius 1 is 0.952 bits per heavy atom. The number of aliphatic hydroxyl groups excluding tert-OH is 1. The number of aromatic nitrogens is 2. The van der Waals surface area contributed by atoms with Crippen LogP contribution >= 0.6 is 31.9 Å². The fraction of sp³-hybridized carbons (Fsp3) is 0.0625. The zero-order valence-corrected chi connectivity index (χ0v) is 14.1. The normalized spacial score (nSPS) is 12.3. The van der Waals surface area contributed by atoms with E-state index in [9.17, 15) is 5.11 Å². The maximum Gasteiger partial charge on any atom is 0.107 e. The van der Waals surface area contributed by atoms with Gasteiger partial charge in [-0.05, 0) is 35.9 Å². The van der Waals surface area contributed by atoms with Crippen LogP contribution in [0.3, 0.4) is 0 Å². The van der Waals surface area contributed by atoms with Crippen LogP contribution < -0.4 is 0 Å². The molecule has 0 amide bonds. The molecule has 5 heteroatoms. The van der Waals surface area contributed by atoms with Gasteiger partial charge < -0.3 is 5.11 Å². The van der Waals surface area contributed by atoms with Gasteiger partial charge in [0.2, 0.25) is 0 Å². The molecular formula is C16H12Br2N2O. The van der Waals surface area contributed by atoms with Gasteiger partial charge in [0, 0.05) is 20.7 Å². The van der Waals surface area contributed by atoms with Gasteiger partial charge in [0.05, 0.1) is 11.9 Å². The minimum Gasteiger partial charge on any atom is -0.384 e. The van der Waals surface area contributed by atoms with Crippen LogP contribution in [-0.4, -0.2) is 14.9 Å². The maximum absolute atomic E-state index is 10.5. The Kier molecular flexibility index (Phi) is 4.24. The summed E-state index contributed by atoms with van der Waals surface area (Å²) in [7, 11) is 0. The van der Waals surface area contributed by atoms with Crippen molar-refractivity contribution in [3.63, 3.8) is 0 Å². The molecule has 0 spiro atoms. The van der Waals surface area contributed by atoms with Gasteiger partial charge >= 0.3 is 0 Å². The van der Waals surface area contributed by atoms with Crippen LogP contribution in [-0.2, 0) is 0 Å². The van der Waals surface area contributed by atoms with E-state index in [1.165, 1.54) is 0 Å². The van der Waals surface area contributed by atoms with Crippen molar-refractivity contribution in [3.05, 3.63) is 81.0 Å². The molecule has 0 aliphatic rings. The second kappa shape index (κ2) is 6.13. The zero-order chi connectivity index (χ0) is 14.8. The van der Waals surface area contributed by atoms with Gasteiger partial charge in [-0.1, -0.05) is 50.1 Å². The molecule has 2 aromatic carbocycles. The third-order valence-electron chi connectivity index (χ3n) is 3.14. The summed E-state index contributed by atoms with van der Waals surface area (Å²) in [6.45, 7) is 0. The van der Waals surface area contributed by atoms with Crippen molar-refractivity contribution in [1.29, 1.82) is 0 Å². The van der Waals surface area contributed by atoms with Gasteiger partial charge in [0.15, 0.2) is 0 Å². The van der Waals surface area contributed by atoms with Crippen molar-refractivity contribution < 1.29 is 5.11 Å². The smallest absolute Gasteiger partial charge is 0.107 e. The van der Waals surface area contributed by atoms with Crippen LogP contribution in [0.2, 0.25) is 0 Å². The highest BCUT2D eigenvalue weighted by molar-refractivity contribution is 9.11. The Morgan fingerprint density at radius 2 is 1.62 bits per heavy atom. The molecule has 3 nitrogen and oxygen atoms in total. The fourth-order valence-corrected chi connectivity index (χ4v) is 3.45. The third kappa shape index (κ3) is 3.26. The number of hydrogen-bond donors (Lipinski definition) is 1. The molecule has 0 aliphatic heterocycles. The topological polar surface area (TPSA) is 38.1 Å². The number of benzene rings is 2. The van der Waals surface area contributed by atoms with E-state index in [0.717, 1.165) is 25.8 Å². The summed E-state index contributed by atoms with van der Waals surface area (Å²) >= 11 is 6.87. The Bertz CT molecular complexity index is 736. The molecule has 1 aromatic heterocycles. The van der Waals surface area contributed by atoms with Gasteiger partial charge in [-0.25, -0.2) is 4.68 Å². The lowest BCUT2D eigenvalue weighted by molar-refractivity contribution is 0.220. The largest absolute Gasteiger partial charge is 0.384 e. The minimum absolute atomic E-state index is 0.712. The van der Waals surface area contributed by atoms with E-state index >= 15 is 0 Å². The summed E-state index contributed by atoms with van der Waals surface area (Å²) in [4.78, 5) is 0. The van der Waals surface area contributed by atoms with Crippen LogP contribution in [0, 0.1) is 0 Å². The summed E-state index contributed by atoms with van der Waals surface area (Å²) in [5.74, 6) is 0. The van der Waals surface area contributed by atoms with Crippen molar-refractivity contribution in [2.75, 3.05) is 0 Å². The van der Waals surface area contributed by atoms with Gasteiger partial charge in [-0.3, -0.25) is 0 Å². The number of para-hydroxylation sites is 1. The van der Waals surface area contributed by atoms with Gasteiger partial charge in [-0.15, -0.1) is 0 Å². The van der Waals surface area contributed by atoms with E-state index < -0.39 is 6.10 Å². The van der Waals surface area contributed by atoms with E-state index in [-0.39, 0.29) is 0 Å². The van der Waals surface area contributed by atoms with E-state index in [1.807, 2.05) is 54.7 Å². The Balaban J connectivity index is 1.92. The second-order valence-electron chi connectivity index (χ2n) is 4.66. The number of aliphatic hydroxyl groups is 1. The highest BCUT2D eigenvalue weighted by Gasteiger charge is 2.14. The van der Waals surface area contributed by atoms with E-state index in [0.29, 0.717) is 0 Å². The fourth-order valence-electron chi connectivity index (χ4n) is 2.13. The first kappa shape index (κ1) is 14.5. The molecule has 0 radical (unpaired) electrons. The lowest BCUT2D eigenvalue weighted by Crippen LogP contribution is -1.99. The summed E-state index contributed by atoms with van der Waals surface area (Å²) in [5, 5.41) is 14.8. The Hall–Kier alpha value is -1.43. The first-order chi connectivity index (χ1) is 10.1. The zero-order valence-electron chi connectivity index (χ0n) is 10.9. The maximum atomic E-state index is 10.5. The van der Waals surface area contributed by atoms with Crippen molar-refractivity contribution in [3.8, 4) is 5.69 Å². The summed E-state index contributed by atoms with van der Waals surface area (Å²) in [6.07, 6.45) is 2.82. The number of nitrogens with zero attached hydrogens (tertiary/aromatic N) is 2. The Morgan fingerprint density at radius 3 is 2.29 bits per heavy atom. The monoisotopic (exact) mass is 406 g/mol. The molecular weight excluding hydrogens is 396 g/mol. The van der Waals surface area contributed by atoms with Gasteiger partial charge in [0.25, 0.3) is 0 Å². The second-order valence-corrected chi connectivity index (χ2v) is 6.49. The van der Waals surface area contributed by atoms with Crippen molar-refractivity contribution in [1.82, 2.24) is 9.78 Å². The predicted octanol–water partition coefficient (Wildman–Crippen LogP) is 4.48. The molecule has 3 rings (SSSR count). The number of halogens is 2. The summed E-state index contributed by atoms with van der Waals surface area (Å²) < 4.78 is 3.59. The number of hydrogen-bond acceptors (Lipinski definition) is 2. The average Bonchev–Trinajstić information content (AvgIpc) is 2.96. The van der Waals surface area contributed by atoms with Crippen LogP contribution in [0.15, 0.2) is 69.9 Å². The minimum atomic E-state index is -0.712. The van der Waals surface area contributed by atoms with Gasteiger partial charge in [0.1, 0.15) is 6.10 Å². The molecule has 0 saturated carbocycles. The molecule has 0 bridgehead atoms. The van der Waals surface area contributed by atoms with Crippen LogP contribution in [0.25, 0.3) is 5.69 Å². The average molecular weight is 408 g/mol. The lowest BCUT2D eigenvalue weighted by atomic mass is 10.1. The van der Waals surface area contributed by atoms with Crippen molar-refractivity contribution in [2.24, 2.45) is 0 Å². The predicted molar refractivity (Wildman–Crippen MR) is 89.5 cm³/mol. The molecule has 1 atom stereocenters. The number of rotatable bonds is 3. The first-order valence-electron chi connectivity index (χ1n) is 6.37. The molecule has 0 fully saturated rings. The Labute approximate surface area is 139 Å². The molecule has 1 N–H and O–H groups in total.